The Labute approximate surface area is 160 Å². The van der Waals surface area contributed by atoms with Gasteiger partial charge in [0.15, 0.2) is 0 Å². The molecule has 3 rings (SSSR count). The number of nitrogens with zero attached hydrogens (tertiary/aromatic N) is 3. The Balaban J connectivity index is 2.02. The van der Waals surface area contributed by atoms with Crippen molar-refractivity contribution < 1.29 is 14.6 Å². The number of H-pyrrole nitrogens is 1. The second-order valence-electron chi connectivity index (χ2n) is 6.50. The number of hydrogen-bond acceptors (Lipinski definition) is 6. The van der Waals surface area contributed by atoms with Crippen LogP contribution in [0, 0.1) is 0 Å². The summed E-state index contributed by atoms with van der Waals surface area (Å²) in [5, 5.41) is 16.2. The van der Waals surface area contributed by atoms with Crippen LogP contribution >= 0.6 is 0 Å². The van der Waals surface area contributed by atoms with Crippen molar-refractivity contribution in [3.63, 3.8) is 0 Å². The maximum atomic E-state index is 12.4. The lowest BCUT2D eigenvalue weighted by Gasteiger charge is -2.20. The first-order chi connectivity index (χ1) is 13.4. The van der Waals surface area contributed by atoms with Crippen LogP contribution in [-0.2, 0) is 16.1 Å². The number of aromatic nitrogens is 2. The minimum absolute atomic E-state index is 0.0957. The van der Waals surface area contributed by atoms with Crippen molar-refractivity contribution in [2.45, 2.75) is 32.4 Å². The summed E-state index contributed by atoms with van der Waals surface area (Å²) in [6.07, 6.45) is 0.727. The summed E-state index contributed by atoms with van der Waals surface area (Å²) in [6, 6.07) is 8.92. The number of carbonyl (C=O) groups is 1. The van der Waals surface area contributed by atoms with Gasteiger partial charge in [-0.05, 0) is 12.0 Å². The summed E-state index contributed by atoms with van der Waals surface area (Å²) < 4.78 is 6.04. The Morgan fingerprint density at radius 2 is 2.04 bits per heavy atom. The normalized spacial score (nSPS) is 16.3. The van der Waals surface area contributed by atoms with E-state index in [1.165, 1.54) is 19.0 Å². The first-order valence-corrected chi connectivity index (χ1v) is 8.91. The number of carbonyl (C=O) groups excluding carboxylic acids is 1. The smallest absolute Gasteiger partial charge is 0.331 e. The van der Waals surface area contributed by atoms with E-state index in [1.54, 1.807) is 0 Å². The minimum Gasteiger partial charge on any atom is -0.494 e. The molecule has 0 fully saturated rings. The summed E-state index contributed by atoms with van der Waals surface area (Å²) in [4.78, 5) is 38.8. The van der Waals surface area contributed by atoms with Crippen LogP contribution in [0.1, 0.15) is 36.9 Å². The molecule has 2 aromatic rings. The molecule has 1 aromatic heterocycles. The number of aromatic amines is 1. The zero-order valence-corrected chi connectivity index (χ0v) is 15.7. The molecule has 9 heteroatoms. The summed E-state index contributed by atoms with van der Waals surface area (Å²) >= 11 is 0. The van der Waals surface area contributed by atoms with Gasteiger partial charge in [0.1, 0.15) is 5.56 Å². The van der Waals surface area contributed by atoms with Crippen molar-refractivity contribution in [1.82, 2.24) is 14.6 Å². The molecule has 0 saturated heterocycles. The van der Waals surface area contributed by atoms with Crippen LogP contribution in [0.4, 0.5) is 0 Å². The summed E-state index contributed by atoms with van der Waals surface area (Å²) in [5.74, 6) is -0.742. The Hall–Kier alpha value is -3.20. The van der Waals surface area contributed by atoms with Gasteiger partial charge >= 0.3 is 5.69 Å². The van der Waals surface area contributed by atoms with Gasteiger partial charge in [0.05, 0.1) is 11.8 Å². The molecule has 0 radical (unpaired) electrons. The largest absolute Gasteiger partial charge is 0.494 e. The highest BCUT2D eigenvalue weighted by Crippen LogP contribution is 2.33. The summed E-state index contributed by atoms with van der Waals surface area (Å²) in [5.41, 5.74) is -0.420. The van der Waals surface area contributed by atoms with Gasteiger partial charge in [-0.3, -0.25) is 19.1 Å². The molecule has 2 N–H and O–H groups in total. The second-order valence-corrected chi connectivity index (χ2v) is 6.50. The van der Waals surface area contributed by atoms with Crippen LogP contribution in [-0.4, -0.2) is 45.0 Å². The van der Waals surface area contributed by atoms with Crippen LogP contribution in [0.2, 0.25) is 0 Å². The second kappa shape index (κ2) is 8.22. The lowest BCUT2D eigenvalue weighted by molar-refractivity contribution is -0.130. The van der Waals surface area contributed by atoms with E-state index in [0.717, 1.165) is 10.1 Å². The number of aromatic hydroxyl groups is 1. The Kier molecular flexibility index (Phi) is 5.74. The monoisotopic (exact) mass is 386 g/mol. The number of amides is 1. The molecule has 0 spiro atoms. The van der Waals surface area contributed by atoms with E-state index in [2.05, 4.69) is 10.1 Å². The number of benzene rings is 1. The van der Waals surface area contributed by atoms with Crippen LogP contribution in [0.15, 0.2) is 45.0 Å². The third kappa shape index (κ3) is 3.74. The number of nitrogens with one attached hydrogen (secondary N) is 1. The predicted octanol–water partition coefficient (Wildman–Crippen LogP) is 0.976. The predicted molar refractivity (Wildman–Crippen MR) is 102 cm³/mol. The minimum atomic E-state index is -0.735. The zero-order chi connectivity index (χ0) is 20.3. The molecule has 1 aromatic carbocycles. The first-order valence-electron chi connectivity index (χ1n) is 8.91. The molecule has 0 aliphatic carbocycles. The fourth-order valence-electron chi connectivity index (χ4n) is 3.28. The fourth-order valence-corrected chi connectivity index (χ4v) is 3.28. The molecule has 9 nitrogen and oxygen atoms in total. The SMILES string of the molecule is COCCCn1c(O)c(C2=NN(C(C)=O)[C@H](c3ccccc3)C2)c(=O)[nH]c1=O. The van der Waals surface area contributed by atoms with Crippen molar-refractivity contribution in [3.05, 3.63) is 62.3 Å². The maximum Gasteiger partial charge on any atom is 0.331 e. The van der Waals surface area contributed by atoms with Crippen molar-refractivity contribution in [2.24, 2.45) is 5.10 Å². The van der Waals surface area contributed by atoms with Crippen molar-refractivity contribution in [3.8, 4) is 5.88 Å². The highest BCUT2D eigenvalue weighted by Gasteiger charge is 2.34. The van der Waals surface area contributed by atoms with Gasteiger partial charge in [0, 0.05) is 33.6 Å². The summed E-state index contributed by atoms with van der Waals surface area (Å²) in [7, 11) is 1.54. The van der Waals surface area contributed by atoms with Gasteiger partial charge in [-0.2, -0.15) is 5.10 Å². The standard InChI is InChI=1S/C19H22N4O5/c1-12(24)23-15(13-7-4-3-5-8-13)11-14(21-23)16-17(25)20-19(27)22(18(16)26)9-6-10-28-2/h3-5,7-8,15,26H,6,9-11H2,1-2H3,(H,20,25,27)/t15-/m0/s1. The number of hydrogen-bond donors (Lipinski definition) is 2. The quantitative estimate of drug-likeness (QED) is 0.718. The van der Waals surface area contributed by atoms with Gasteiger partial charge < -0.3 is 9.84 Å². The van der Waals surface area contributed by atoms with Crippen molar-refractivity contribution >= 4 is 11.6 Å². The molecular formula is C19H22N4O5. The van der Waals surface area contributed by atoms with E-state index < -0.39 is 17.1 Å². The van der Waals surface area contributed by atoms with Crippen LogP contribution in [0.5, 0.6) is 5.88 Å². The van der Waals surface area contributed by atoms with Crippen LogP contribution in [0.3, 0.4) is 0 Å². The highest BCUT2D eigenvalue weighted by atomic mass is 16.5. The molecule has 1 amide bonds. The van der Waals surface area contributed by atoms with Crippen molar-refractivity contribution in [2.75, 3.05) is 13.7 Å². The lowest BCUT2D eigenvalue weighted by atomic mass is 9.99. The Bertz CT molecular complexity index is 1010. The molecule has 0 bridgehead atoms. The van der Waals surface area contributed by atoms with E-state index in [1.807, 2.05) is 30.3 Å². The van der Waals surface area contributed by atoms with E-state index in [0.29, 0.717) is 13.0 Å². The van der Waals surface area contributed by atoms with E-state index in [4.69, 9.17) is 4.74 Å². The Morgan fingerprint density at radius 1 is 1.32 bits per heavy atom. The molecule has 0 unspecified atom stereocenters. The zero-order valence-electron chi connectivity index (χ0n) is 15.7. The summed E-state index contributed by atoms with van der Waals surface area (Å²) in [6.45, 7) is 1.96. The number of methoxy groups -OCH3 is 1. The number of ether oxygens (including phenoxy) is 1. The average Bonchev–Trinajstić information content (AvgIpc) is 3.10. The van der Waals surface area contributed by atoms with E-state index >= 15 is 0 Å². The molecule has 28 heavy (non-hydrogen) atoms. The van der Waals surface area contributed by atoms with Crippen molar-refractivity contribution in [1.29, 1.82) is 0 Å². The third-order valence-electron chi connectivity index (χ3n) is 4.61. The highest BCUT2D eigenvalue weighted by molar-refractivity contribution is 6.04. The van der Waals surface area contributed by atoms with Crippen LogP contribution in [0.25, 0.3) is 0 Å². The van der Waals surface area contributed by atoms with E-state index in [-0.39, 0.29) is 36.2 Å². The molecule has 1 aliphatic rings. The van der Waals surface area contributed by atoms with Crippen LogP contribution < -0.4 is 11.2 Å². The van der Waals surface area contributed by atoms with Gasteiger partial charge in [-0.25, -0.2) is 9.80 Å². The lowest BCUT2D eigenvalue weighted by Crippen LogP contribution is -2.34. The molecule has 1 aliphatic heterocycles. The maximum absolute atomic E-state index is 12.4. The Morgan fingerprint density at radius 3 is 2.68 bits per heavy atom. The molecule has 1 atom stereocenters. The first kappa shape index (κ1) is 19.6. The number of rotatable bonds is 6. The van der Waals surface area contributed by atoms with Gasteiger partial charge in [0.25, 0.3) is 5.56 Å². The van der Waals surface area contributed by atoms with E-state index in [9.17, 15) is 19.5 Å². The fraction of sp³-hybridized carbons (Fsp3) is 0.368. The van der Waals surface area contributed by atoms with Gasteiger partial charge in [0.2, 0.25) is 11.8 Å². The molecule has 0 saturated carbocycles. The van der Waals surface area contributed by atoms with Gasteiger partial charge in [-0.15, -0.1) is 0 Å². The third-order valence-corrected chi connectivity index (χ3v) is 4.61. The molecular weight excluding hydrogens is 364 g/mol. The number of hydrazone groups is 1. The van der Waals surface area contributed by atoms with Gasteiger partial charge in [-0.1, -0.05) is 30.3 Å². The topological polar surface area (TPSA) is 117 Å². The molecule has 2 heterocycles. The average molecular weight is 386 g/mol. The molecule has 148 valence electrons.